The molecular formula is C12H17NO4. The maximum Gasteiger partial charge on any atom is 0.322 e. The fourth-order valence-corrected chi connectivity index (χ4v) is 1.69. The molecule has 5 nitrogen and oxygen atoms in total. The third-order valence-corrected chi connectivity index (χ3v) is 2.55. The summed E-state index contributed by atoms with van der Waals surface area (Å²) in [5.41, 5.74) is 0.364. The van der Waals surface area contributed by atoms with Crippen molar-refractivity contribution in [1.29, 1.82) is 0 Å². The summed E-state index contributed by atoms with van der Waals surface area (Å²) in [7, 11) is 1.31. The number of aromatic hydroxyl groups is 2. The Kier molecular flexibility index (Phi) is 4.34. The van der Waals surface area contributed by atoms with E-state index in [0.717, 1.165) is 0 Å². The molecule has 0 heterocycles. The zero-order valence-corrected chi connectivity index (χ0v) is 10.1. The van der Waals surface area contributed by atoms with Crippen LogP contribution in [0, 0.1) is 0 Å². The fraction of sp³-hybridized carbons (Fsp3) is 0.417. The Morgan fingerprint density at radius 1 is 1.29 bits per heavy atom. The Morgan fingerprint density at radius 2 is 1.82 bits per heavy atom. The summed E-state index contributed by atoms with van der Waals surface area (Å²) in [4.78, 5) is 11.2. The molecule has 0 aliphatic carbocycles. The van der Waals surface area contributed by atoms with Gasteiger partial charge in [0.1, 0.15) is 17.5 Å². The number of ether oxygens (including phenoxy) is 1. The highest BCUT2D eigenvalue weighted by Gasteiger charge is 2.20. The highest BCUT2D eigenvalue weighted by molar-refractivity contribution is 5.75. The summed E-state index contributed by atoms with van der Waals surface area (Å²) >= 11 is 0. The number of nitrogens with one attached hydrogen (secondary N) is 1. The second-order valence-electron chi connectivity index (χ2n) is 3.84. The molecular weight excluding hydrogens is 222 g/mol. The Morgan fingerprint density at radius 3 is 2.29 bits per heavy atom. The number of benzene rings is 1. The number of carbonyl (C=O) groups excluding carboxylic acids is 1. The molecule has 0 radical (unpaired) electrons. The predicted molar refractivity (Wildman–Crippen MR) is 62.8 cm³/mol. The molecule has 0 aliphatic heterocycles. The Balaban J connectivity index is 2.83. The lowest BCUT2D eigenvalue weighted by Gasteiger charge is -2.20. The topological polar surface area (TPSA) is 78.8 Å². The van der Waals surface area contributed by atoms with Gasteiger partial charge in [0.25, 0.3) is 0 Å². The summed E-state index contributed by atoms with van der Waals surface area (Å²) in [6.45, 7) is 3.40. The molecule has 1 aromatic carbocycles. The van der Waals surface area contributed by atoms with E-state index in [4.69, 9.17) is 0 Å². The lowest BCUT2D eigenvalue weighted by atomic mass is 10.1. The molecule has 1 rings (SSSR count). The second-order valence-corrected chi connectivity index (χ2v) is 3.84. The third kappa shape index (κ3) is 3.10. The molecule has 17 heavy (non-hydrogen) atoms. The van der Waals surface area contributed by atoms with Gasteiger partial charge in [0.15, 0.2) is 0 Å². The van der Waals surface area contributed by atoms with Gasteiger partial charge < -0.3 is 14.9 Å². The molecule has 0 aliphatic rings. The van der Waals surface area contributed by atoms with Crippen LogP contribution in [0.5, 0.6) is 11.5 Å². The van der Waals surface area contributed by atoms with Crippen LogP contribution in [0.15, 0.2) is 18.2 Å². The molecule has 0 fully saturated rings. The molecule has 0 aromatic heterocycles. The fourth-order valence-electron chi connectivity index (χ4n) is 1.69. The zero-order chi connectivity index (χ0) is 13.0. The van der Waals surface area contributed by atoms with Crippen molar-refractivity contribution in [3.05, 3.63) is 23.8 Å². The Hall–Kier alpha value is -1.75. The van der Waals surface area contributed by atoms with Gasteiger partial charge in [-0.25, -0.2) is 0 Å². The van der Waals surface area contributed by atoms with Crippen LogP contribution in [0.4, 0.5) is 0 Å². The lowest BCUT2D eigenvalue weighted by molar-refractivity contribution is -0.142. The SMILES string of the molecule is COC(=O)[C@H](C)NC(C)c1c(O)cccc1O. The van der Waals surface area contributed by atoms with Crippen LogP contribution < -0.4 is 5.32 Å². The number of rotatable bonds is 4. The van der Waals surface area contributed by atoms with Gasteiger partial charge in [-0.2, -0.15) is 0 Å². The van der Waals surface area contributed by atoms with Crippen molar-refractivity contribution in [2.24, 2.45) is 0 Å². The predicted octanol–water partition coefficient (Wildman–Crippen LogP) is 1.31. The van der Waals surface area contributed by atoms with Crippen LogP contribution in [0.3, 0.4) is 0 Å². The van der Waals surface area contributed by atoms with Gasteiger partial charge in [-0.15, -0.1) is 0 Å². The lowest BCUT2D eigenvalue weighted by Crippen LogP contribution is -2.36. The Labute approximate surface area is 100 Å². The van der Waals surface area contributed by atoms with Crippen molar-refractivity contribution >= 4 is 5.97 Å². The minimum Gasteiger partial charge on any atom is -0.507 e. The first kappa shape index (κ1) is 13.3. The number of esters is 1. The van der Waals surface area contributed by atoms with Gasteiger partial charge in [-0.3, -0.25) is 10.1 Å². The first-order chi connectivity index (χ1) is 7.97. The standard InChI is InChI=1S/C12H17NO4/c1-7(13-8(2)12(16)17-3)11-9(14)5-4-6-10(11)15/h4-8,13-15H,1-3H3/t7?,8-/m0/s1. The van der Waals surface area contributed by atoms with Gasteiger partial charge in [-0.1, -0.05) is 6.07 Å². The number of phenolic OH excluding ortho intramolecular Hbond substituents is 2. The molecule has 0 spiro atoms. The largest absolute Gasteiger partial charge is 0.507 e. The first-order valence-corrected chi connectivity index (χ1v) is 5.32. The van der Waals surface area contributed by atoms with E-state index in [2.05, 4.69) is 10.1 Å². The smallest absolute Gasteiger partial charge is 0.322 e. The minimum atomic E-state index is -0.519. The maximum absolute atomic E-state index is 11.2. The zero-order valence-electron chi connectivity index (χ0n) is 10.1. The van der Waals surface area contributed by atoms with Gasteiger partial charge in [-0.05, 0) is 26.0 Å². The van der Waals surface area contributed by atoms with E-state index < -0.39 is 12.0 Å². The molecule has 3 N–H and O–H groups in total. The molecule has 2 atom stereocenters. The van der Waals surface area contributed by atoms with Crippen molar-refractivity contribution < 1.29 is 19.7 Å². The summed E-state index contributed by atoms with van der Waals surface area (Å²) in [5.74, 6) is -0.420. The van der Waals surface area contributed by atoms with Gasteiger partial charge in [0, 0.05) is 6.04 Å². The van der Waals surface area contributed by atoms with Crippen LogP contribution in [-0.2, 0) is 9.53 Å². The molecule has 5 heteroatoms. The number of phenols is 2. The van der Waals surface area contributed by atoms with E-state index in [9.17, 15) is 15.0 Å². The molecule has 94 valence electrons. The quantitative estimate of drug-likeness (QED) is 0.690. The first-order valence-electron chi connectivity index (χ1n) is 5.32. The number of methoxy groups -OCH3 is 1. The highest BCUT2D eigenvalue weighted by atomic mass is 16.5. The van der Waals surface area contributed by atoms with Crippen LogP contribution in [-0.4, -0.2) is 29.3 Å². The van der Waals surface area contributed by atoms with E-state index >= 15 is 0 Å². The van der Waals surface area contributed by atoms with Crippen LogP contribution in [0.25, 0.3) is 0 Å². The number of hydrogen-bond acceptors (Lipinski definition) is 5. The molecule has 0 bridgehead atoms. The molecule has 1 aromatic rings. The van der Waals surface area contributed by atoms with Gasteiger partial charge >= 0.3 is 5.97 Å². The van der Waals surface area contributed by atoms with E-state index in [-0.39, 0.29) is 17.5 Å². The third-order valence-electron chi connectivity index (χ3n) is 2.55. The van der Waals surface area contributed by atoms with Crippen LogP contribution >= 0.6 is 0 Å². The molecule has 1 unspecified atom stereocenters. The van der Waals surface area contributed by atoms with Gasteiger partial charge in [0.05, 0.1) is 12.7 Å². The minimum absolute atomic E-state index is 0.0120. The van der Waals surface area contributed by atoms with Crippen molar-refractivity contribution in [2.45, 2.75) is 25.9 Å². The van der Waals surface area contributed by atoms with Gasteiger partial charge in [0.2, 0.25) is 0 Å². The summed E-state index contributed by atoms with van der Waals surface area (Å²) in [5, 5.41) is 22.2. The number of carbonyl (C=O) groups is 1. The van der Waals surface area contributed by atoms with E-state index in [1.165, 1.54) is 19.2 Å². The summed E-state index contributed by atoms with van der Waals surface area (Å²) < 4.78 is 4.58. The average Bonchev–Trinajstić information content (AvgIpc) is 2.27. The van der Waals surface area contributed by atoms with Crippen LogP contribution in [0.1, 0.15) is 25.5 Å². The highest BCUT2D eigenvalue weighted by Crippen LogP contribution is 2.32. The second kappa shape index (κ2) is 5.54. The van der Waals surface area contributed by atoms with Crippen molar-refractivity contribution in [3.63, 3.8) is 0 Å². The maximum atomic E-state index is 11.2. The molecule has 0 saturated carbocycles. The average molecular weight is 239 g/mol. The number of hydrogen-bond donors (Lipinski definition) is 3. The van der Waals surface area contributed by atoms with Crippen LogP contribution in [0.2, 0.25) is 0 Å². The monoisotopic (exact) mass is 239 g/mol. The van der Waals surface area contributed by atoms with Crippen molar-refractivity contribution in [3.8, 4) is 11.5 Å². The van der Waals surface area contributed by atoms with E-state index in [1.807, 2.05) is 0 Å². The summed E-state index contributed by atoms with van der Waals surface area (Å²) in [6, 6.07) is 3.62. The van der Waals surface area contributed by atoms with E-state index in [0.29, 0.717) is 5.56 Å². The summed E-state index contributed by atoms with van der Waals surface area (Å²) in [6.07, 6.45) is 0. The van der Waals surface area contributed by atoms with E-state index in [1.54, 1.807) is 19.9 Å². The molecule has 0 saturated heterocycles. The van der Waals surface area contributed by atoms with Crippen molar-refractivity contribution in [1.82, 2.24) is 5.32 Å². The normalized spacial score (nSPS) is 14.1. The molecule has 0 amide bonds. The Bertz CT molecular complexity index is 385. The van der Waals surface area contributed by atoms with Crippen molar-refractivity contribution in [2.75, 3.05) is 7.11 Å².